The van der Waals surface area contributed by atoms with Gasteiger partial charge in [-0.15, -0.1) is 0 Å². The number of furan rings is 1. The summed E-state index contributed by atoms with van der Waals surface area (Å²) in [5.41, 5.74) is 0.537. The smallest absolute Gasteiger partial charge is 0.253 e. The van der Waals surface area contributed by atoms with E-state index in [0.29, 0.717) is 17.9 Å². The van der Waals surface area contributed by atoms with Gasteiger partial charge in [-0.25, -0.2) is 8.42 Å². The number of benzene rings is 1. The lowest BCUT2D eigenvalue weighted by Gasteiger charge is -2.38. The molecule has 0 aliphatic carbocycles. The lowest BCUT2D eigenvalue weighted by molar-refractivity contribution is 0.0658. The molecule has 7 heteroatoms. The Bertz CT molecular complexity index is 821. The van der Waals surface area contributed by atoms with Crippen LogP contribution in [-0.2, 0) is 15.6 Å². The summed E-state index contributed by atoms with van der Waals surface area (Å²) in [7, 11) is -3.32. The van der Waals surface area contributed by atoms with Crippen LogP contribution in [0.4, 0.5) is 0 Å². The number of nitrogens with zero attached hydrogens (tertiary/aromatic N) is 1. The summed E-state index contributed by atoms with van der Waals surface area (Å²) in [4.78, 5) is 14.0. The van der Waals surface area contributed by atoms with Gasteiger partial charge in [0.1, 0.15) is 17.3 Å². The van der Waals surface area contributed by atoms with Crippen molar-refractivity contribution in [3.8, 4) is 5.75 Å². The van der Waals surface area contributed by atoms with Crippen LogP contribution < -0.4 is 4.74 Å². The van der Waals surface area contributed by atoms with E-state index in [0.717, 1.165) is 18.6 Å². The Hall–Kier alpha value is -2.28. The van der Waals surface area contributed by atoms with Gasteiger partial charge >= 0.3 is 0 Å². The minimum atomic E-state index is -3.32. The van der Waals surface area contributed by atoms with Crippen LogP contribution in [-0.4, -0.2) is 44.2 Å². The second-order valence-electron chi connectivity index (χ2n) is 6.45. The van der Waals surface area contributed by atoms with Crippen LogP contribution in [0.1, 0.15) is 35.9 Å². The monoisotopic (exact) mass is 377 g/mol. The molecule has 1 saturated heterocycles. The van der Waals surface area contributed by atoms with Crippen molar-refractivity contribution in [1.29, 1.82) is 0 Å². The lowest BCUT2D eigenvalue weighted by atomic mass is 10.1. The third-order valence-electron chi connectivity index (χ3n) is 4.43. The number of ether oxygens (including phenoxy) is 1. The maximum Gasteiger partial charge on any atom is 0.253 e. The van der Waals surface area contributed by atoms with Gasteiger partial charge in [0.25, 0.3) is 5.91 Å². The van der Waals surface area contributed by atoms with E-state index in [2.05, 4.69) is 6.92 Å². The summed E-state index contributed by atoms with van der Waals surface area (Å²) < 4.78 is 35.4. The third-order valence-corrected chi connectivity index (χ3v) is 6.44. The van der Waals surface area contributed by atoms with E-state index in [4.69, 9.17) is 9.15 Å². The highest BCUT2D eigenvalue weighted by Crippen LogP contribution is 2.23. The van der Waals surface area contributed by atoms with Crippen LogP contribution >= 0.6 is 0 Å². The van der Waals surface area contributed by atoms with Crippen LogP contribution in [0.25, 0.3) is 0 Å². The predicted molar refractivity (Wildman–Crippen MR) is 97.9 cm³/mol. The highest BCUT2D eigenvalue weighted by Gasteiger charge is 2.40. The topological polar surface area (TPSA) is 76.8 Å². The first-order valence-corrected chi connectivity index (χ1v) is 10.5. The van der Waals surface area contributed by atoms with E-state index >= 15 is 0 Å². The number of carbonyl (C=O) groups is 1. The average molecular weight is 377 g/mol. The molecule has 1 fully saturated rings. The van der Waals surface area contributed by atoms with E-state index < -0.39 is 15.1 Å². The zero-order valence-corrected chi connectivity index (χ0v) is 15.6. The van der Waals surface area contributed by atoms with Crippen molar-refractivity contribution < 1.29 is 22.4 Å². The number of hydrogen-bond donors (Lipinski definition) is 0. The number of unbranched alkanes of at least 4 members (excludes halogenated alkanes) is 1. The van der Waals surface area contributed by atoms with Gasteiger partial charge < -0.3 is 14.1 Å². The zero-order chi connectivity index (χ0) is 18.6. The first-order chi connectivity index (χ1) is 12.5. The van der Waals surface area contributed by atoms with Crippen molar-refractivity contribution >= 4 is 15.7 Å². The van der Waals surface area contributed by atoms with Crippen molar-refractivity contribution in [2.45, 2.75) is 30.8 Å². The molecule has 0 N–H and O–H groups in total. The average Bonchev–Trinajstić information content (AvgIpc) is 3.06. The molecule has 2 aromatic rings. The number of sulfone groups is 1. The highest BCUT2D eigenvalue weighted by atomic mass is 32.2. The molecule has 2 heterocycles. The second kappa shape index (κ2) is 7.95. The van der Waals surface area contributed by atoms with Crippen LogP contribution in [0.2, 0.25) is 0 Å². The Morgan fingerprint density at radius 1 is 1.23 bits per heavy atom. The highest BCUT2D eigenvalue weighted by molar-refractivity contribution is 7.91. The number of amides is 1. The first-order valence-electron chi connectivity index (χ1n) is 8.75. The fraction of sp³-hybridized carbons (Fsp3) is 0.421. The molecule has 1 aromatic heterocycles. The molecule has 0 radical (unpaired) electrons. The molecule has 1 aromatic carbocycles. The van der Waals surface area contributed by atoms with Gasteiger partial charge in [0.2, 0.25) is 0 Å². The van der Waals surface area contributed by atoms with Gasteiger partial charge in [-0.05, 0) is 42.8 Å². The number of likely N-dealkylation sites (tertiary alicyclic amines) is 1. The summed E-state index contributed by atoms with van der Waals surface area (Å²) in [5, 5.41) is -0.534. The summed E-state index contributed by atoms with van der Waals surface area (Å²) in [6, 6.07) is 10.3. The Morgan fingerprint density at radius 2 is 1.96 bits per heavy atom. The van der Waals surface area contributed by atoms with Crippen molar-refractivity contribution in [3.05, 3.63) is 54.0 Å². The Balaban J connectivity index is 1.53. The fourth-order valence-electron chi connectivity index (χ4n) is 2.75. The Morgan fingerprint density at radius 3 is 2.58 bits per heavy atom. The summed E-state index contributed by atoms with van der Waals surface area (Å²) in [6.07, 6.45) is 3.51. The molecule has 1 amide bonds. The van der Waals surface area contributed by atoms with Gasteiger partial charge in [0.15, 0.2) is 9.84 Å². The van der Waals surface area contributed by atoms with Crippen molar-refractivity contribution in [3.63, 3.8) is 0 Å². The zero-order valence-electron chi connectivity index (χ0n) is 14.8. The molecule has 26 heavy (non-hydrogen) atoms. The van der Waals surface area contributed by atoms with Crippen LogP contribution in [0, 0.1) is 0 Å². The quantitative estimate of drug-likeness (QED) is 0.661. The predicted octanol–water partition coefficient (Wildman–Crippen LogP) is 2.90. The molecular formula is C19H23NO5S. The van der Waals surface area contributed by atoms with E-state index in [9.17, 15) is 13.2 Å². The number of hydrogen-bond acceptors (Lipinski definition) is 5. The summed E-state index contributed by atoms with van der Waals surface area (Å²) in [6.45, 7) is 3.19. The molecule has 0 saturated carbocycles. The van der Waals surface area contributed by atoms with Crippen LogP contribution in [0.15, 0.2) is 47.1 Å². The van der Waals surface area contributed by atoms with Gasteiger partial charge in [-0.2, -0.15) is 0 Å². The van der Waals surface area contributed by atoms with Crippen LogP contribution in [0.3, 0.4) is 0 Å². The standard InChI is InChI=1S/C19H23NO5S/c1-2-3-10-24-16-8-6-15(7-9-16)19(21)20-12-18(13-20)26(22,23)14-17-5-4-11-25-17/h4-9,11,18H,2-3,10,12-14H2,1H3. The minimum absolute atomic E-state index is 0.128. The maximum absolute atomic E-state index is 12.5. The van der Waals surface area contributed by atoms with Crippen molar-refractivity contribution in [2.75, 3.05) is 19.7 Å². The van der Waals surface area contributed by atoms with E-state index in [1.807, 2.05) is 0 Å². The van der Waals surface area contributed by atoms with Gasteiger partial charge in [-0.1, -0.05) is 13.3 Å². The van der Waals surface area contributed by atoms with Crippen molar-refractivity contribution in [2.24, 2.45) is 0 Å². The SMILES string of the molecule is CCCCOc1ccc(C(=O)N2CC(S(=O)(=O)Cc3ccco3)C2)cc1. The lowest BCUT2D eigenvalue weighted by Crippen LogP contribution is -2.57. The van der Waals surface area contributed by atoms with Gasteiger partial charge in [0, 0.05) is 18.7 Å². The third kappa shape index (κ3) is 4.27. The maximum atomic E-state index is 12.5. The Labute approximate surface area is 153 Å². The molecule has 0 atom stereocenters. The molecule has 0 spiro atoms. The van der Waals surface area contributed by atoms with Crippen LogP contribution in [0.5, 0.6) is 5.75 Å². The molecule has 1 aliphatic heterocycles. The minimum Gasteiger partial charge on any atom is -0.494 e. The van der Waals surface area contributed by atoms with E-state index in [1.165, 1.54) is 6.26 Å². The molecule has 3 rings (SSSR count). The van der Waals surface area contributed by atoms with E-state index in [1.54, 1.807) is 41.3 Å². The largest absolute Gasteiger partial charge is 0.494 e. The molecule has 6 nitrogen and oxygen atoms in total. The fourth-order valence-corrected chi connectivity index (χ4v) is 4.36. The molecule has 1 aliphatic rings. The number of carbonyl (C=O) groups excluding carboxylic acids is 1. The van der Waals surface area contributed by atoms with Gasteiger partial charge in [0.05, 0.1) is 18.1 Å². The molecule has 0 bridgehead atoms. The first kappa shape index (κ1) is 18.5. The molecular weight excluding hydrogens is 354 g/mol. The molecule has 0 unspecified atom stereocenters. The van der Waals surface area contributed by atoms with Crippen molar-refractivity contribution in [1.82, 2.24) is 4.90 Å². The van der Waals surface area contributed by atoms with E-state index in [-0.39, 0.29) is 24.7 Å². The Kier molecular flexibility index (Phi) is 5.66. The number of rotatable bonds is 8. The normalized spacial score (nSPS) is 14.9. The summed E-state index contributed by atoms with van der Waals surface area (Å²) in [5.74, 6) is 0.872. The van der Waals surface area contributed by atoms with Gasteiger partial charge in [-0.3, -0.25) is 4.79 Å². The second-order valence-corrected chi connectivity index (χ2v) is 8.73. The molecule has 140 valence electrons. The summed E-state index contributed by atoms with van der Waals surface area (Å²) >= 11 is 0.